The number of hydrogen-bond acceptors (Lipinski definition) is 3. The van der Waals surface area contributed by atoms with Crippen LogP contribution in [0.1, 0.15) is 11.1 Å². The minimum atomic E-state index is 0.773. The molecule has 3 aromatic rings. The largest absolute Gasteiger partial charge is 0.496 e. The molecule has 0 bridgehead atoms. The Balaban J connectivity index is 2.24. The van der Waals surface area contributed by atoms with Crippen molar-refractivity contribution < 1.29 is 4.74 Å². The van der Waals surface area contributed by atoms with Crippen LogP contribution in [0.2, 0.25) is 0 Å². The Morgan fingerprint density at radius 1 is 1.20 bits per heavy atom. The Morgan fingerprint density at radius 3 is 2.75 bits per heavy atom. The molecule has 0 saturated carbocycles. The van der Waals surface area contributed by atoms with Crippen molar-refractivity contribution in [2.75, 3.05) is 7.11 Å². The van der Waals surface area contributed by atoms with E-state index in [1.807, 2.05) is 25.3 Å². The second kappa shape index (κ2) is 4.90. The van der Waals surface area contributed by atoms with Crippen molar-refractivity contribution in [1.82, 2.24) is 14.6 Å². The molecule has 0 saturated heterocycles. The standard InChI is InChI=1S/C15H14BrN3O/c1-9-6-10(2)15(20-3)11(7-9)12-4-5-14-17-13(16)8-19(14)18-12/h4-8H,1-3H3. The summed E-state index contributed by atoms with van der Waals surface area (Å²) >= 11 is 3.36. The molecular weight excluding hydrogens is 318 g/mol. The summed E-state index contributed by atoms with van der Waals surface area (Å²) in [7, 11) is 1.69. The first-order valence-corrected chi connectivity index (χ1v) is 7.05. The van der Waals surface area contributed by atoms with E-state index in [9.17, 15) is 0 Å². The van der Waals surface area contributed by atoms with Gasteiger partial charge in [-0.2, -0.15) is 5.10 Å². The third-order valence-electron chi connectivity index (χ3n) is 3.19. The lowest BCUT2D eigenvalue weighted by Gasteiger charge is -2.12. The van der Waals surface area contributed by atoms with Gasteiger partial charge >= 0.3 is 0 Å². The van der Waals surface area contributed by atoms with Crippen molar-refractivity contribution in [2.24, 2.45) is 0 Å². The molecule has 2 heterocycles. The molecule has 2 aromatic heterocycles. The molecule has 0 aliphatic carbocycles. The summed E-state index contributed by atoms with van der Waals surface area (Å²) in [5.74, 6) is 0.863. The van der Waals surface area contributed by atoms with Crippen LogP contribution in [0.25, 0.3) is 16.9 Å². The van der Waals surface area contributed by atoms with Gasteiger partial charge in [-0.05, 0) is 59.1 Å². The first-order chi connectivity index (χ1) is 9.58. The average Bonchev–Trinajstić information content (AvgIpc) is 2.76. The van der Waals surface area contributed by atoms with Crippen LogP contribution in [0.5, 0.6) is 5.75 Å². The van der Waals surface area contributed by atoms with Gasteiger partial charge < -0.3 is 4.74 Å². The Bertz CT molecular complexity index is 795. The van der Waals surface area contributed by atoms with E-state index in [1.165, 1.54) is 5.56 Å². The number of rotatable bonds is 2. The predicted molar refractivity (Wildman–Crippen MR) is 82.1 cm³/mol. The molecule has 0 aliphatic rings. The maximum Gasteiger partial charge on any atom is 0.154 e. The fraction of sp³-hybridized carbons (Fsp3) is 0.200. The fourth-order valence-electron chi connectivity index (χ4n) is 2.41. The van der Waals surface area contributed by atoms with Crippen LogP contribution in [0.4, 0.5) is 0 Å². The minimum absolute atomic E-state index is 0.773. The number of aryl methyl sites for hydroxylation is 2. The van der Waals surface area contributed by atoms with Gasteiger partial charge in [-0.15, -0.1) is 0 Å². The van der Waals surface area contributed by atoms with Gasteiger partial charge in [-0.1, -0.05) is 6.07 Å². The minimum Gasteiger partial charge on any atom is -0.496 e. The summed E-state index contributed by atoms with van der Waals surface area (Å²) < 4.78 is 8.06. The van der Waals surface area contributed by atoms with E-state index in [2.05, 4.69) is 45.1 Å². The molecule has 0 radical (unpaired) electrons. The van der Waals surface area contributed by atoms with Crippen molar-refractivity contribution in [3.8, 4) is 17.0 Å². The quantitative estimate of drug-likeness (QED) is 0.717. The average molecular weight is 332 g/mol. The molecule has 1 aromatic carbocycles. The first kappa shape index (κ1) is 13.1. The number of aromatic nitrogens is 3. The van der Waals surface area contributed by atoms with E-state index < -0.39 is 0 Å². The normalized spacial score (nSPS) is 11.0. The van der Waals surface area contributed by atoms with Crippen molar-refractivity contribution in [2.45, 2.75) is 13.8 Å². The smallest absolute Gasteiger partial charge is 0.154 e. The maximum absolute atomic E-state index is 5.53. The molecule has 0 N–H and O–H groups in total. The monoisotopic (exact) mass is 331 g/mol. The molecule has 0 unspecified atom stereocenters. The summed E-state index contributed by atoms with van der Waals surface area (Å²) in [4.78, 5) is 4.31. The van der Waals surface area contributed by atoms with Crippen LogP contribution in [0.3, 0.4) is 0 Å². The lowest BCUT2D eigenvalue weighted by molar-refractivity contribution is 0.413. The van der Waals surface area contributed by atoms with E-state index in [4.69, 9.17) is 4.74 Å². The van der Waals surface area contributed by atoms with E-state index in [0.29, 0.717) is 0 Å². The highest BCUT2D eigenvalue weighted by Gasteiger charge is 2.12. The topological polar surface area (TPSA) is 39.4 Å². The molecule has 0 fully saturated rings. The van der Waals surface area contributed by atoms with Crippen molar-refractivity contribution in [1.29, 1.82) is 0 Å². The molecule has 4 nitrogen and oxygen atoms in total. The number of nitrogens with zero attached hydrogens (tertiary/aromatic N) is 3. The number of imidazole rings is 1. The second-order valence-corrected chi connectivity index (χ2v) is 5.56. The summed E-state index contributed by atoms with van der Waals surface area (Å²) in [6, 6.07) is 8.11. The van der Waals surface area contributed by atoms with Crippen LogP contribution < -0.4 is 4.74 Å². The third kappa shape index (κ3) is 2.18. The zero-order chi connectivity index (χ0) is 14.3. The van der Waals surface area contributed by atoms with E-state index in [-0.39, 0.29) is 0 Å². The number of hydrogen-bond donors (Lipinski definition) is 0. The number of halogens is 1. The van der Waals surface area contributed by atoms with Gasteiger partial charge in [-0.25, -0.2) is 9.50 Å². The summed E-state index contributed by atoms with van der Waals surface area (Å²) in [6.45, 7) is 4.12. The van der Waals surface area contributed by atoms with Crippen LogP contribution >= 0.6 is 15.9 Å². The zero-order valence-corrected chi connectivity index (χ0v) is 13.1. The van der Waals surface area contributed by atoms with Crippen LogP contribution in [0, 0.1) is 13.8 Å². The third-order valence-corrected chi connectivity index (χ3v) is 3.57. The van der Waals surface area contributed by atoms with Crippen molar-refractivity contribution >= 4 is 21.6 Å². The summed E-state index contributed by atoms with van der Waals surface area (Å²) in [6.07, 6.45) is 1.84. The Labute approximate surface area is 125 Å². The molecule has 20 heavy (non-hydrogen) atoms. The lowest BCUT2D eigenvalue weighted by atomic mass is 10.0. The lowest BCUT2D eigenvalue weighted by Crippen LogP contribution is -1.97. The highest BCUT2D eigenvalue weighted by atomic mass is 79.9. The molecule has 0 spiro atoms. The Hall–Kier alpha value is -1.88. The molecule has 102 valence electrons. The van der Waals surface area contributed by atoms with Crippen LogP contribution in [-0.4, -0.2) is 21.7 Å². The van der Waals surface area contributed by atoms with E-state index in [0.717, 1.165) is 32.8 Å². The predicted octanol–water partition coefficient (Wildman–Crippen LogP) is 3.78. The number of ether oxygens (including phenoxy) is 1. The fourth-order valence-corrected chi connectivity index (χ4v) is 2.79. The molecule has 0 aliphatic heterocycles. The van der Waals surface area contributed by atoms with Gasteiger partial charge in [0.15, 0.2) is 5.65 Å². The number of fused-ring (bicyclic) bond motifs is 1. The van der Waals surface area contributed by atoms with Gasteiger partial charge in [-0.3, -0.25) is 0 Å². The molecule has 3 rings (SSSR count). The summed E-state index contributed by atoms with van der Waals surface area (Å²) in [5.41, 5.74) is 4.97. The van der Waals surface area contributed by atoms with Crippen LogP contribution in [-0.2, 0) is 0 Å². The number of methoxy groups -OCH3 is 1. The van der Waals surface area contributed by atoms with Gasteiger partial charge in [0.2, 0.25) is 0 Å². The van der Waals surface area contributed by atoms with Gasteiger partial charge in [0, 0.05) is 5.56 Å². The van der Waals surface area contributed by atoms with Gasteiger partial charge in [0.05, 0.1) is 19.0 Å². The van der Waals surface area contributed by atoms with Gasteiger partial charge in [0.1, 0.15) is 10.4 Å². The second-order valence-electron chi connectivity index (χ2n) is 4.75. The molecular formula is C15H14BrN3O. The van der Waals surface area contributed by atoms with E-state index >= 15 is 0 Å². The van der Waals surface area contributed by atoms with Crippen LogP contribution in [0.15, 0.2) is 35.1 Å². The van der Waals surface area contributed by atoms with Crippen molar-refractivity contribution in [3.05, 3.63) is 46.2 Å². The molecule has 0 amide bonds. The Kier molecular flexibility index (Phi) is 3.22. The summed E-state index contributed by atoms with van der Waals surface area (Å²) in [5, 5.41) is 4.60. The highest BCUT2D eigenvalue weighted by molar-refractivity contribution is 9.10. The highest BCUT2D eigenvalue weighted by Crippen LogP contribution is 2.33. The molecule has 0 atom stereocenters. The molecule has 5 heteroatoms. The maximum atomic E-state index is 5.53. The van der Waals surface area contributed by atoms with E-state index in [1.54, 1.807) is 11.6 Å². The van der Waals surface area contributed by atoms with Gasteiger partial charge in [0.25, 0.3) is 0 Å². The first-order valence-electron chi connectivity index (χ1n) is 6.26. The zero-order valence-electron chi connectivity index (χ0n) is 11.5. The Morgan fingerprint density at radius 2 is 2.00 bits per heavy atom. The number of benzene rings is 1. The van der Waals surface area contributed by atoms with Crippen molar-refractivity contribution in [3.63, 3.8) is 0 Å². The SMILES string of the molecule is COc1c(C)cc(C)cc1-c1ccc2nc(Br)cn2n1.